The molecule has 1 aromatic carbocycles. The topological polar surface area (TPSA) is 122 Å². The molecule has 0 aliphatic rings. The van der Waals surface area contributed by atoms with E-state index in [-0.39, 0.29) is 16.9 Å². The number of carboxylic acid groups (broad SMARTS) is 1. The van der Waals surface area contributed by atoms with E-state index in [9.17, 15) is 19.7 Å². The molecule has 108 valence electrons. The lowest BCUT2D eigenvalue weighted by Crippen LogP contribution is -2.14. The number of thiazole rings is 1. The number of nitrogens with zero attached hydrogens (tertiary/aromatic N) is 2. The lowest BCUT2D eigenvalue weighted by Gasteiger charge is -2.05. The number of rotatable bonds is 4. The van der Waals surface area contributed by atoms with Gasteiger partial charge < -0.3 is 10.4 Å². The maximum atomic E-state index is 11.9. The Kier molecular flexibility index (Phi) is 3.94. The zero-order valence-electron chi connectivity index (χ0n) is 10.7. The molecular formula is C12H9N3O5S. The van der Waals surface area contributed by atoms with Gasteiger partial charge in [0, 0.05) is 11.4 Å². The molecule has 1 heterocycles. The maximum Gasteiger partial charge on any atom is 0.335 e. The van der Waals surface area contributed by atoms with Gasteiger partial charge in [0.05, 0.1) is 15.5 Å². The molecule has 0 aliphatic carbocycles. The number of carbonyl (C=O) groups excluding carboxylic acids is 1. The van der Waals surface area contributed by atoms with Gasteiger partial charge in [-0.15, -0.1) is 11.3 Å². The Hall–Kier alpha value is -2.81. The molecule has 0 unspecified atom stereocenters. The Bertz CT molecular complexity index is 740. The smallest absolute Gasteiger partial charge is 0.335 e. The summed E-state index contributed by atoms with van der Waals surface area (Å²) in [6.45, 7) is 1.73. The molecule has 0 fully saturated rings. The fourth-order valence-electron chi connectivity index (χ4n) is 1.58. The molecule has 0 atom stereocenters. The summed E-state index contributed by atoms with van der Waals surface area (Å²) < 4.78 is 0. The van der Waals surface area contributed by atoms with Gasteiger partial charge in [0.1, 0.15) is 11.4 Å². The van der Waals surface area contributed by atoms with E-state index < -0.39 is 22.5 Å². The minimum atomic E-state index is -1.29. The van der Waals surface area contributed by atoms with Crippen molar-refractivity contribution in [3.63, 3.8) is 0 Å². The van der Waals surface area contributed by atoms with Crippen molar-refractivity contribution in [2.75, 3.05) is 5.32 Å². The number of hydrogen-bond donors (Lipinski definition) is 2. The van der Waals surface area contributed by atoms with Crippen molar-refractivity contribution in [1.29, 1.82) is 0 Å². The van der Waals surface area contributed by atoms with Crippen LogP contribution in [0.15, 0.2) is 23.6 Å². The van der Waals surface area contributed by atoms with Crippen LogP contribution in [-0.4, -0.2) is 26.9 Å². The van der Waals surface area contributed by atoms with E-state index in [0.717, 1.165) is 6.07 Å². The van der Waals surface area contributed by atoms with Crippen molar-refractivity contribution in [2.45, 2.75) is 6.92 Å². The summed E-state index contributed by atoms with van der Waals surface area (Å²) in [6, 6.07) is 3.25. The average Bonchev–Trinajstić information content (AvgIpc) is 2.85. The number of benzene rings is 1. The number of aryl methyl sites for hydroxylation is 1. The predicted octanol–water partition coefficient (Wildman–Crippen LogP) is 2.31. The molecule has 1 aromatic heterocycles. The Morgan fingerprint density at radius 1 is 1.43 bits per heavy atom. The Labute approximate surface area is 122 Å². The highest BCUT2D eigenvalue weighted by molar-refractivity contribution is 7.09. The molecule has 0 saturated carbocycles. The van der Waals surface area contributed by atoms with Crippen LogP contribution in [0.1, 0.15) is 25.9 Å². The normalized spacial score (nSPS) is 10.1. The largest absolute Gasteiger partial charge is 0.478 e. The van der Waals surface area contributed by atoms with Gasteiger partial charge >= 0.3 is 5.97 Å². The van der Waals surface area contributed by atoms with Crippen LogP contribution in [0.5, 0.6) is 0 Å². The number of carbonyl (C=O) groups is 2. The van der Waals surface area contributed by atoms with Crippen LogP contribution in [-0.2, 0) is 0 Å². The third-order valence-electron chi connectivity index (χ3n) is 2.54. The monoisotopic (exact) mass is 307 g/mol. The first-order valence-corrected chi connectivity index (χ1v) is 6.51. The number of aromatic carboxylic acids is 1. The van der Waals surface area contributed by atoms with Gasteiger partial charge in [0.25, 0.3) is 11.6 Å². The molecule has 0 spiro atoms. The number of nitro benzene ring substituents is 1. The molecule has 0 radical (unpaired) electrons. The summed E-state index contributed by atoms with van der Waals surface area (Å²) in [5, 5.41) is 24.4. The van der Waals surface area contributed by atoms with E-state index in [1.54, 1.807) is 6.92 Å². The third-order valence-corrected chi connectivity index (χ3v) is 3.31. The number of hydrogen-bond acceptors (Lipinski definition) is 6. The molecule has 9 heteroatoms. The molecule has 0 bridgehead atoms. The number of nitro groups is 1. The summed E-state index contributed by atoms with van der Waals surface area (Å²) in [6.07, 6.45) is 0. The number of amides is 1. The number of nitrogens with one attached hydrogen (secondary N) is 1. The van der Waals surface area contributed by atoms with Gasteiger partial charge in [-0.2, -0.15) is 0 Å². The van der Waals surface area contributed by atoms with Crippen LogP contribution in [0.25, 0.3) is 0 Å². The van der Waals surface area contributed by atoms with Crippen LogP contribution >= 0.6 is 11.3 Å². The van der Waals surface area contributed by atoms with E-state index in [0.29, 0.717) is 5.01 Å². The average molecular weight is 307 g/mol. The molecule has 0 saturated heterocycles. The highest BCUT2D eigenvalue weighted by Gasteiger charge is 2.20. The van der Waals surface area contributed by atoms with Crippen molar-refractivity contribution in [3.8, 4) is 0 Å². The van der Waals surface area contributed by atoms with Crippen LogP contribution in [0.4, 0.5) is 11.4 Å². The summed E-state index contributed by atoms with van der Waals surface area (Å²) in [5.74, 6) is -1.88. The van der Waals surface area contributed by atoms with Gasteiger partial charge in [0.15, 0.2) is 0 Å². The lowest BCUT2D eigenvalue weighted by atomic mass is 10.1. The minimum absolute atomic E-state index is 0.0827. The third kappa shape index (κ3) is 3.20. The van der Waals surface area contributed by atoms with Crippen molar-refractivity contribution < 1.29 is 19.6 Å². The van der Waals surface area contributed by atoms with E-state index >= 15 is 0 Å². The predicted molar refractivity (Wildman–Crippen MR) is 74.9 cm³/mol. The van der Waals surface area contributed by atoms with Crippen LogP contribution in [0.2, 0.25) is 0 Å². The first kappa shape index (κ1) is 14.6. The van der Waals surface area contributed by atoms with Crippen molar-refractivity contribution >= 4 is 34.6 Å². The Morgan fingerprint density at radius 2 is 2.14 bits per heavy atom. The first-order valence-electron chi connectivity index (χ1n) is 5.63. The molecule has 0 aliphatic heterocycles. The van der Waals surface area contributed by atoms with Gasteiger partial charge in [-0.1, -0.05) is 0 Å². The Balaban J connectivity index is 2.33. The summed E-state index contributed by atoms with van der Waals surface area (Å²) in [4.78, 5) is 36.9. The first-order chi connectivity index (χ1) is 9.88. The second-order valence-electron chi connectivity index (χ2n) is 4.00. The fourth-order valence-corrected chi connectivity index (χ4v) is 2.17. The highest BCUT2D eigenvalue weighted by atomic mass is 32.1. The van der Waals surface area contributed by atoms with Gasteiger partial charge in [-0.3, -0.25) is 14.9 Å². The van der Waals surface area contributed by atoms with Crippen LogP contribution < -0.4 is 5.32 Å². The maximum absolute atomic E-state index is 11.9. The molecule has 1 amide bonds. The van der Waals surface area contributed by atoms with Crippen molar-refractivity contribution in [2.24, 2.45) is 0 Å². The summed E-state index contributed by atoms with van der Waals surface area (Å²) in [7, 11) is 0. The number of carboxylic acids is 1. The van der Waals surface area contributed by atoms with E-state index in [1.165, 1.54) is 28.8 Å². The van der Waals surface area contributed by atoms with Crippen molar-refractivity contribution in [3.05, 3.63) is 50.0 Å². The molecule has 2 N–H and O–H groups in total. The zero-order valence-corrected chi connectivity index (χ0v) is 11.5. The van der Waals surface area contributed by atoms with Gasteiger partial charge in [0.2, 0.25) is 0 Å². The zero-order chi connectivity index (χ0) is 15.6. The van der Waals surface area contributed by atoms with Crippen molar-refractivity contribution in [1.82, 2.24) is 4.98 Å². The second-order valence-corrected chi connectivity index (χ2v) is 5.06. The van der Waals surface area contributed by atoms with E-state index in [1.807, 2.05) is 0 Å². The molecule has 2 rings (SSSR count). The van der Waals surface area contributed by atoms with E-state index in [4.69, 9.17) is 5.11 Å². The molecule has 2 aromatic rings. The highest BCUT2D eigenvalue weighted by Crippen LogP contribution is 2.26. The molecule has 8 nitrogen and oxygen atoms in total. The van der Waals surface area contributed by atoms with E-state index in [2.05, 4.69) is 10.3 Å². The van der Waals surface area contributed by atoms with Gasteiger partial charge in [-0.05, 0) is 19.1 Å². The summed E-state index contributed by atoms with van der Waals surface area (Å²) >= 11 is 1.28. The number of aromatic nitrogens is 1. The minimum Gasteiger partial charge on any atom is -0.478 e. The number of anilines is 1. The second kappa shape index (κ2) is 5.67. The standard InChI is InChI=1S/C12H9N3O5S/c1-6-13-9(5-21-6)11(16)14-8-3-2-7(12(17)18)4-10(8)15(19)20/h2-5H,1H3,(H,14,16)(H,17,18). The summed E-state index contributed by atoms with van der Waals surface area (Å²) in [5.41, 5.74) is -0.658. The SMILES string of the molecule is Cc1nc(C(=O)Nc2ccc(C(=O)O)cc2[N+](=O)[O-])cs1. The molecule has 21 heavy (non-hydrogen) atoms. The fraction of sp³-hybridized carbons (Fsp3) is 0.0833. The lowest BCUT2D eigenvalue weighted by molar-refractivity contribution is -0.383. The van der Waals surface area contributed by atoms with Crippen LogP contribution in [0.3, 0.4) is 0 Å². The quantitative estimate of drug-likeness (QED) is 0.660. The van der Waals surface area contributed by atoms with Crippen LogP contribution in [0, 0.1) is 17.0 Å². The Morgan fingerprint density at radius 3 is 2.67 bits per heavy atom. The molecular weight excluding hydrogens is 298 g/mol. The van der Waals surface area contributed by atoms with Gasteiger partial charge in [-0.25, -0.2) is 9.78 Å².